The smallest absolute Gasteiger partial charge is 0.167 e. The molecule has 0 spiro atoms. The van der Waals surface area contributed by atoms with Crippen LogP contribution in [-0.2, 0) is 9.59 Å². The Morgan fingerprint density at radius 1 is 1.25 bits per heavy atom. The molecule has 0 bridgehead atoms. The molecule has 1 aliphatic carbocycles. The summed E-state index contributed by atoms with van der Waals surface area (Å²) in [5, 5.41) is 16.4. The Hall–Kier alpha value is -2.48. The Morgan fingerprint density at radius 3 is 2.84 bits per heavy atom. The highest BCUT2D eigenvalue weighted by Gasteiger charge is 2.41. The number of rotatable bonds is 7. The summed E-state index contributed by atoms with van der Waals surface area (Å²) in [5.74, 6) is 0.743. The average Bonchev–Trinajstić information content (AvgIpc) is 3.20. The summed E-state index contributed by atoms with van der Waals surface area (Å²) >= 11 is 5.96. The van der Waals surface area contributed by atoms with Crippen molar-refractivity contribution in [3.05, 3.63) is 36.0 Å². The number of halogens is 1. The molecule has 1 aliphatic heterocycles. The average molecular weight is 457 g/mol. The number of aliphatic hydroxyl groups is 1. The molecule has 1 atom stereocenters. The summed E-state index contributed by atoms with van der Waals surface area (Å²) < 4.78 is 11.5. The molecule has 2 aromatic carbocycles. The second-order valence-corrected chi connectivity index (χ2v) is 9.28. The van der Waals surface area contributed by atoms with E-state index in [0.717, 1.165) is 41.5 Å². The minimum absolute atomic E-state index is 0.00589. The SMILES string of the molecule is O=C1CC[C@H](c2noc3ccc4cc(OCCN5CC(CO)(CCl)C5)ccc4c23)C(=O)C1. The van der Waals surface area contributed by atoms with E-state index in [2.05, 4.69) is 10.1 Å². The fourth-order valence-electron chi connectivity index (χ4n) is 4.84. The fourth-order valence-corrected chi connectivity index (χ4v) is 5.09. The van der Waals surface area contributed by atoms with Crippen molar-refractivity contribution >= 4 is 44.9 Å². The molecule has 1 saturated heterocycles. The van der Waals surface area contributed by atoms with E-state index in [0.29, 0.717) is 36.6 Å². The van der Waals surface area contributed by atoms with Crippen molar-refractivity contribution in [3.63, 3.8) is 0 Å². The van der Waals surface area contributed by atoms with Crippen LogP contribution in [0.3, 0.4) is 0 Å². The van der Waals surface area contributed by atoms with Gasteiger partial charge in [0.05, 0.1) is 24.3 Å². The lowest BCUT2D eigenvalue weighted by molar-refractivity contribution is -0.130. The number of ether oxygens (including phenoxy) is 1. The number of likely N-dealkylation sites (tertiary alicyclic amines) is 1. The van der Waals surface area contributed by atoms with Crippen molar-refractivity contribution in [1.82, 2.24) is 10.1 Å². The third-order valence-corrected chi connectivity index (χ3v) is 7.23. The first-order valence-corrected chi connectivity index (χ1v) is 11.4. The van der Waals surface area contributed by atoms with Gasteiger partial charge < -0.3 is 14.4 Å². The van der Waals surface area contributed by atoms with Crippen molar-refractivity contribution in [2.24, 2.45) is 5.41 Å². The number of carbonyl (C=O) groups excluding carboxylic acids is 2. The van der Waals surface area contributed by atoms with Crippen molar-refractivity contribution < 1.29 is 24.0 Å². The predicted molar refractivity (Wildman–Crippen MR) is 120 cm³/mol. The van der Waals surface area contributed by atoms with Crippen LogP contribution in [0.5, 0.6) is 5.75 Å². The van der Waals surface area contributed by atoms with E-state index in [1.807, 2.05) is 30.3 Å². The van der Waals surface area contributed by atoms with Gasteiger partial charge in [-0.05, 0) is 41.5 Å². The quantitative estimate of drug-likeness (QED) is 0.430. The fraction of sp³-hybridized carbons (Fsp3) is 0.458. The van der Waals surface area contributed by atoms with E-state index in [4.69, 9.17) is 20.9 Å². The van der Waals surface area contributed by atoms with Crippen LogP contribution in [-0.4, -0.2) is 65.5 Å². The second kappa shape index (κ2) is 8.46. The Bertz CT molecular complexity index is 1180. The van der Waals surface area contributed by atoms with E-state index in [1.54, 1.807) is 0 Å². The number of Topliss-reactive ketones (excluding diaryl/α,β-unsaturated/α-hetero) is 2. The van der Waals surface area contributed by atoms with Gasteiger partial charge in [-0.15, -0.1) is 11.6 Å². The van der Waals surface area contributed by atoms with Gasteiger partial charge in [-0.3, -0.25) is 14.5 Å². The number of carbonyl (C=O) groups is 2. The first-order valence-electron chi connectivity index (χ1n) is 10.9. The molecule has 0 unspecified atom stereocenters. The third kappa shape index (κ3) is 3.78. The Labute approximate surface area is 190 Å². The van der Waals surface area contributed by atoms with Crippen LogP contribution in [0.25, 0.3) is 21.7 Å². The van der Waals surface area contributed by atoms with Gasteiger partial charge in [-0.1, -0.05) is 11.2 Å². The number of ketones is 2. The zero-order valence-electron chi connectivity index (χ0n) is 17.7. The zero-order chi connectivity index (χ0) is 22.3. The summed E-state index contributed by atoms with van der Waals surface area (Å²) in [6.45, 7) is 3.00. The molecule has 7 nitrogen and oxygen atoms in total. The van der Waals surface area contributed by atoms with E-state index in [-0.39, 0.29) is 30.0 Å². The highest BCUT2D eigenvalue weighted by Crippen LogP contribution is 2.37. The topological polar surface area (TPSA) is 92.9 Å². The molecular weight excluding hydrogens is 432 g/mol. The van der Waals surface area contributed by atoms with E-state index < -0.39 is 5.92 Å². The van der Waals surface area contributed by atoms with Crippen LogP contribution >= 0.6 is 11.6 Å². The monoisotopic (exact) mass is 456 g/mol. The van der Waals surface area contributed by atoms with Crippen molar-refractivity contribution in [3.8, 4) is 5.75 Å². The van der Waals surface area contributed by atoms with Crippen molar-refractivity contribution in [2.45, 2.75) is 25.2 Å². The molecule has 2 aliphatic rings. The van der Waals surface area contributed by atoms with E-state index in [1.165, 1.54) is 0 Å². The molecule has 5 rings (SSSR count). The van der Waals surface area contributed by atoms with Gasteiger partial charge in [0.1, 0.15) is 29.6 Å². The van der Waals surface area contributed by atoms with Crippen LogP contribution in [0, 0.1) is 5.41 Å². The number of aliphatic hydroxyl groups excluding tert-OH is 1. The summed E-state index contributed by atoms with van der Waals surface area (Å²) in [6, 6.07) is 9.68. The van der Waals surface area contributed by atoms with Gasteiger partial charge in [0, 0.05) is 37.4 Å². The van der Waals surface area contributed by atoms with Crippen LogP contribution in [0.1, 0.15) is 30.9 Å². The van der Waals surface area contributed by atoms with Crippen molar-refractivity contribution in [2.75, 3.05) is 38.7 Å². The minimum atomic E-state index is -0.397. The molecule has 0 amide bonds. The molecular formula is C24H25ClN2O5. The first-order chi connectivity index (χ1) is 15.5. The maximum atomic E-state index is 12.5. The molecule has 168 valence electrons. The largest absolute Gasteiger partial charge is 0.492 e. The summed E-state index contributed by atoms with van der Waals surface area (Å²) in [4.78, 5) is 26.3. The maximum absolute atomic E-state index is 12.5. The lowest BCUT2D eigenvalue weighted by Gasteiger charge is -2.48. The first kappa shape index (κ1) is 21.4. The second-order valence-electron chi connectivity index (χ2n) is 9.01. The van der Waals surface area contributed by atoms with Gasteiger partial charge in [-0.2, -0.15) is 0 Å². The Morgan fingerprint density at radius 2 is 2.09 bits per heavy atom. The van der Waals surface area contributed by atoms with Gasteiger partial charge in [0.25, 0.3) is 0 Å². The number of hydrogen-bond acceptors (Lipinski definition) is 7. The van der Waals surface area contributed by atoms with Crippen LogP contribution in [0.15, 0.2) is 34.9 Å². The van der Waals surface area contributed by atoms with Crippen LogP contribution < -0.4 is 4.74 Å². The number of fused-ring (bicyclic) bond motifs is 3. The van der Waals surface area contributed by atoms with E-state index in [9.17, 15) is 14.7 Å². The lowest BCUT2D eigenvalue weighted by atomic mass is 9.83. The molecule has 32 heavy (non-hydrogen) atoms. The third-order valence-electron chi connectivity index (χ3n) is 6.67. The molecule has 2 heterocycles. The molecule has 2 fully saturated rings. The van der Waals surface area contributed by atoms with Gasteiger partial charge in [0.15, 0.2) is 5.58 Å². The van der Waals surface area contributed by atoms with Gasteiger partial charge >= 0.3 is 0 Å². The molecule has 1 saturated carbocycles. The minimum Gasteiger partial charge on any atom is -0.492 e. The number of hydrogen-bond donors (Lipinski definition) is 1. The lowest BCUT2D eigenvalue weighted by Crippen LogP contribution is -2.60. The zero-order valence-corrected chi connectivity index (χ0v) is 18.4. The maximum Gasteiger partial charge on any atom is 0.167 e. The Kier molecular flexibility index (Phi) is 5.65. The van der Waals surface area contributed by atoms with Crippen LogP contribution in [0.2, 0.25) is 0 Å². The molecule has 1 aromatic heterocycles. The van der Waals surface area contributed by atoms with E-state index >= 15 is 0 Å². The number of aromatic nitrogens is 1. The predicted octanol–water partition coefficient (Wildman–Crippen LogP) is 3.30. The highest BCUT2D eigenvalue weighted by molar-refractivity contribution is 6.18. The molecule has 8 heteroatoms. The normalized spacial score (nSPS) is 21.2. The molecule has 1 N–H and O–H groups in total. The standard InChI is InChI=1S/C24H25ClN2O5/c25-11-24(14-28)12-27(13-24)7-8-31-17-3-5-18-15(9-17)1-6-21-22(18)23(26-32-21)19-4-2-16(29)10-20(19)30/h1,3,5-6,9,19,28H,2,4,7-8,10-14H2/t19-/m0/s1. The Balaban J connectivity index is 1.32. The van der Waals surface area contributed by atoms with Gasteiger partial charge in [0.2, 0.25) is 0 Å². The number of nitrogens with zero attached hydrogens (tertiary/aromatic N) is 2. The summed E-state index contributed by atoms with van der Waals surface area (Å²) in [7, 11) is 0. The number of benzene rings is 2. The van der Waals surface area contributed by atoms with Crippen molar-refractivity contribution in [1.29, 1.82) is 0 Å². The molecule has 3 aromatic rings. The molecule has 0 radical (unpaired) electrons. The summed E-state index contributed by atoms with van der Waals surface area (Å²) in [6.07, 6.45) is 0.854. The highest BCUT2D eigenvalue weighted by atomic mass is 35.5. The number of alkyl halides is 1. The van der Waals surface area contributed by atoms with Crippen LogP contribution in [0.4, 0.5) is 0 Å². The van der Waals surface area contributed by atoms with Gasteiger partial charge in [-0.25, -0.2) is 0 Å². The summed E-state index contributed by atoms with van der Waals surface area (Å²) in [5.41, 5.74) is 1.09.